The van der Waals surface area contributed by atoms with E-state index in [1.54, 1.807) is 29.6 Å². The zero-order valence-corrected chi connectivity index (χ0v) is 20.2. The summed E-state index contributed by atoms with van der Waals surface area (Å²) in [6, 6.07) is 13.8. The first kappa shape index (κ1) is 24.2. The number of aryl methyl sites for hydroxylation is 1. The average molecular weight is 495 g/mol. The summed E-state index contributed by atoms with van der Waals surface area (Å²) in [7, 11) is 1.29. The lowest BCUT2D eigenvalue weighted by Gasteiger charge is -2.30. The fourth-order valence-corrected chi connectivity index (χ4v) is 4.48. The Morgan fingerprint density at radius 3 is 2.49 bits per heavy atom. The van der Waals surface area contributed by atoms with Gasteiger partial charge in [-0.15, -0.1) is 11.3 Å². The summed E-state index contributed by atoms with van der Waals surface area (Å²) in [6.07, 6.45) is 0. The van der Waals surface area contributed by atoms with Gasteiger partial charge in [-0.1, -0.05) is 17.7 Å². The second kappa shape index (κ2) is 11.0. The van der Waals surface area contributed by atoms with Crippen molar-refractivity contribution in [1.29, 1.82) is 0 Å². The normalized spacial score (nSPS) is 13.1. The smallest absolute Gasteiger partial charge is 0.350 e. The molecule has 35 heavy (non-hydrogen) atoms. The number of amides is 3. The Bertz CT molecular complexity index is 1240. The minimum absolute atomic E-state index is 0.246. The number of hydrogen-bond donors (Lipinski definition) is 3. The first-order chi connectivity index (χ1) is 16.9. The quantitative estimate of drug-likeness (QED) is 0.433. The molecule has 4 rings (SSSR count). The van der Waals surface area contributed by atoms with Crippen molar-refractivity contribution >= 4 is 52.0 Å². The Labute approximate surface area is 207 Å². The van der Waals surface area contributed by atoms with Crippen LogP contribution in [0.4, 0.5) is 27.5 Å². The van der Waals surface area contributed by atoms with Crippen molar-refractivity contribution < 1.29 is 23.9 Å². The number of methoxy groups -OCH3 is 1. The van der Waals surface area contributed by atoms with Gasteiger partial charge in [0, 0.05) is 24.3 Å². The highest BCUT2D eigenvalue weighted by atomic mass is 32.1. The molecule has 182 valence electrons. The average Bonchev–Trinajstić information content (AvgIpc) is 3.32. The molecule has 0 unspecified atom stereocenters. The van der Waals surface area contributed by atoms with Gasteiger partial charge in [-0.25, -0.2) is 9.59 Å². The molecule has 2 heterocycles. The summed E-state index contributed by atoms with van der Waals surface area (Å²) in [5.41, 5.74) is 3.74. The fourth-order valence-electron chi connectivity index (χ4n) is 3.72. The molecule has 0 radical (unpaired) electrons. The van der Waals surface area contributed by atoms with Crippen LogP contribution in [0.3, 0.4) is 0 Å². The first-order valence-corrected chi connectivity index (χ1v) is 11.9. The number of rotatable bonds is 6. The van der Waals surface area contributed by atoms with Crippen molar-refractivity contribution in [1.82, 2.24) is 0 Å². The van der Waals surface area contributed by atoms with Gasteiger partial charge in [-0.05, 0) is 48.7 Å². The molecular weight excluding hydrogens is 468 g/mol. The van der Waals surface area contributed by atoms with Gasteiger partial charge in [-0.3, -0.25) is 4.79 Å². The van der Waals surface area contributed by atoms with Crippen molar-refractivity contribution in [2.24, 2.45) is 0 Å². The number of thiophene rings is 1. The fraction of sp³-hybridized carbons (Fsp3) is 0.240. The zero-order valence-electron chi connectivity index (χ0n) is 19.4. The van der Waals surface area contributed by atoms with Crippen molar-refractivity contribution in [3.8, 4) is 0 Å². The lowest BCUT2D eigenvalue weighted by Crippen LogP contribution is -2.37. The molecule has 1 aliphatic rings. The van der Waals surface area contributed by atoms with Crippen molar-refractivity contribution in [2.75, 3.05) is 54.3 Å². The lowest BCUT2D eigenvalue weighted by molar-refractivity contribution is 0.0607. The number of carbonyl (C=O) groups excluding carboxylic acids is 3. The van der Waals surface area contributed by atoms with Gasteiger partial charge in [0.05, 0.1) is 37.4 Å². The summed E-state index contributed by atoms with van der Waals surface area (Å²) in [5, 5.41) is 10.2. The minimum atomic E-state index is -0.523. The highest BCUT2D eigenvalue weighted by Crippen LogP contribution is 2.31. The first-order valence-electron chi connectivity index (χ1n) is 11.0. The molecule has 9 nitrogen and oxygen atoms in total. The maximum Gasteiger partial charge on any atom is 0.350 e. The number of ether oxygens (including phenoxy) is 2. The van der Waals surface area contributed by atoms with Crippen LogP contribution in [0.15, 0.2) is 53.9 Å². The van der Waals surface area contributed by atoms with Crippen molar-refractivity contribution in [2.45, 2.75) is 6.92 Å². The van der Waals surface area contributed by atoms with Crippen LogP contribution in [-0.4, -0.2) is 51.3 Å². The Hall–Kier alpha value is -3.89. The van der Waals surface area contributed by atoms with Gasteiger partial charge in [0.2, 0.25) is 0 Å². The summed E-state index contributed by atoms with van der Waals surface area (Å²) in [5.74, 6) is -0.769. The van der Waals surface area contributed by atoms with E-state index >= 15 is 0 Å². The second-order valence-electron chi connectivity index (χ2n) is 7.89. The monoisotopic (exact) mass is 494 g/mol. The maximum atomic E-state index is 12.9. The van der Waals surface area contributed by atoms with Gasteiger partial charge in [-0.2, -0.15) is 0 Å². The molecule has 1 saturated heterocycles. The Morgan fingerprint density at radius 2 is 1.74 bits per heavy atom. The van der Waals surface area contributed by atoms with Crippen LogP contribution in [0.5, 0.6) is 0 Å². The largest absolute Gasteiger partial charge is 0.465 e. The minimum Gasteiger partial charge on any atom is -0.465 e. The molecule has 0 aliphatic carbocycles. The number of benzene rings is 2. The molecule has 1 aromatic heterocycles. The molecule has 3 amide bonds. The van der Waals surface area contributed by atoms with Crippen LogP contribution in [0, 0.1) is 6.92 Å². The third kappa shape index (κ3) is 5.97. The number of hydrogen-bond acceptors (Lipinski definition) is 7. The standard InChI is InChI=1S/C25H26N4O5S/c1-16-4-3-5-17(14-16)23(30)26-18-6-7-21(29-9-11-34-12-10-29)20(15-18)28-25(32)27-19-8-13-35-22(19)24(31)33-2/h3-8,13-15H,9-12H2,1-2H3,(H,26,30)(H2,27,28,32). The Balaban J connectivity index is 1.56. The van der Waals surface area contributed by atoms with Gasteiger partial charge < -0.3 is 30.3 Å². The third-order valence-corrected chi connectivity index (χ3v) is 6.31. The van der Waals surface area contributed by atoms with Crippen molar-refractivity contribution in [3.05, 3.63) is 69.9 Å². The molecule has 3 N–H and O–H groups in total. The van der Waals surface area contributed by atoms with Gasteiger partial charge >= 0.3 is 12.0 Å². The third-order valence-electron chi connectivity index (χ3n) is 5.42. The molecule has 0 bridgehead atoms. The molecule has 1 aliphatic heterocycles. The summed E-state index contributed by atoms with van der Waals surface area (Å²) >= 11 is 1.18. The van der Waals surface area contributed by atoms with Crippen molar-refractivity contribution in [3.63, 3.8) is 0 Å². The molecule has 0 spiro atoms. The number of urea groups is 1. The number of nitrogens with zero attached hydrogens (tertiary/aromatic N) is 1. The van der Waals surface area contributed by atoms with Crippen LogP contribution in [0.25, 0.3) is 0 Å². The molecule has 10 heteroatoms. The highest BCUT2D eigenvalue weighted by molar-refractivity contribution is 7.12. The van der Waals surface area contributed by atoms with E-state index in [4.69, 9.17) is 9.47 Å². The molecule has 2 aromatic carbocycles. The topological polar surface area (TPSA) is 109 Å². The van der Waals surface area contributed by atoms with Crippen LogP contribution >= 0.6 is 11.3 Å². The predicted molar refractivity (Wildman–Crippen MR) is 137 cm³/mol. The summed E-state index contributed by atoms with van der Waals surface area (Å²) < 4.78 is 10.2. The van der Waals surface area contributed by atoms with Gasteiger partial charge in [0.15, 0.2) is 0 Å². The number of morpholine rings is 1. The van der Waals surface area contributed by atoms with E-state index in [1.165, 1.54) is 18.4 Å². The Morgan fingerprint density at radius 1 is 0.971 bits per heavy atom. The van der Waals surface area contributed by atoms with Crippen LogP contribution < -0.4 is 20.9 Å². The van der Waals surface area contributed by atoms with E-state index in [9.17, 15) is 14.4 Å². The number of nitrogens with one attached hydrogen (secondary N) is 3. The van der Waals surface area contributed by atoms with E-state index in [1.807, 2.05) is 31.2 Å². The van der Waals surface area contributed by atoms with Crippen LogP contribution in [0.2, 0.25) is 0 Å². The molecule has 3 aromatic rings. The molecule has 1 fully saturated rings. The summed E-state index contributed by atoms with van der Waals surface area (Å²) in [6.45, 7) is 4.42. The maximum absolute atomic E-state index is 12.9. The summed E-state index contributed by atoms with van der Waals surface area (Å²) in [4.78, 5) is 40.0. The molecular formula is C25H26N4O5S. The molecule has 0 saturated carbocycles. The predicted octanol–water partition coefficient (Wildman–Crippen LogP) is 4.58. The van der Waals surface area contributed by atoms with E-state index < -0.39 is 12.0 Å². The zero-order chi connectivity index (χ0) is 24.8. The van der Waals surface area contributed by atoms with E-state index in [0.717, 1.165) is 11.3 Å². The van der Waals surface area contributed by atoms with Crippen LogP contribution in [0.1, 0.15) is 25.6 Å². The van der Waals surface area contributed by atoms with Gasteiger partial charge in [0.25, 0.3) is 5.91 Å². The second-order valence-corrected chi connectivity index (χ2v) is 8.81. The lowest BCUT2D eigenvalue weighted by atomic mass is 10.1. The van der Waals surface area contributed by atoms with E-state index in [-0.39, 0.29) is 5.91 Å². The number of carbonyl (C=O) groups is 3. The Kier molecular flexibility index (Phi) is 7.64. The number of esters is 1. The molecule has 0 atom stereocenters. The SMILES string of the molecule is COC(=O)c1sccc1NC(=O)Nc1cc(NC(=O)c2cccc(C)c2)ccc1N1CCOCC1. The van der Waals surface area contributed by atoms with E-state index in [0.29, 0.717) is 53.8 Å². The number of anilines is 4. The van der Waals surface area contributed by atoms with Crippen LogP contribution in [-0.2, 0) is 9.47 Å². The van der Waals surface area contributed by atoms with Gasteiger partial charge in [0.1, 0.15) is 4.88 Å². The van der Waals surface area contributed by atoms with E-state index in [2.05, 4.69) is 20.9 Å². The highest BCUT2D eigenvalue weighted by Gasteiger charge is 2.20.